The van der Waals surface area contributed by atoms with Crippen LogP contribution in [0.1, 0.15) is 11.1 Å². The summed E-state index contributed by atoms with van der Waals surface area (Å²) >= 11 is 0. The quantitative estimate of drug-likeness (QED) is 0.565. The summed E-state index contributed by atoms with van der Waals surface area (Å²) in [5.41, 5.74) is 1.05. The lowest BCUT2D eigenvalue weighted by molar-refractivity contribution is -0.0512. The molecular formula is C21H25F2N3O6S. The van der Waals surface area contributed by atoms with Gasteiger partial charge in [-0.2, -0.15) is 13.1 Å². The van der Waals surface area contributed by atoms with Gasteiger partial charge in [0, 0.05) is 26.2 Å². The first-order chi connectivity index (χ1) is 15.8. The molecule has 1 saturated heterocycles. The number of rotatable bonds is 9. The molecule has 3 rings (SSSR count). The number of methoxy groups -OCH3 is 1. The minimum Gasteiger partial charge on any atom is -0.493 e. The highest BCUT2D eigenvalue weighted by Crippen LogP contribution is 2.29. The molecule has 0 unspecified atom stereocenters. The zero-order chi connectivity index (χ0) is 23.8. The molecule has 2 amide bonds. The van der Waals surface area contributed by atoms with Crippen LogP contribution < -0.4 is 20.1 Å². The average Bonchev–Trinajstić information content (AvgIpc) is 2.82. The van der Waals surface area contributed by atoms with E-state index in [0.717, 1.165) is 0 Å². The second-order valence-electron chi connectivity index (χ2n) is 7.02. The maximum atomic E-state index is 13.0. The zero-order valence-corrected chi connectivity index (χ0v) is 18.7. The molecule has 0 aliphatic carbocycles. The van der Waals surface area contributed by atoms with E-state index in [1.54, 1.807) is 18.2 Å². The van der Waals surface area contributed by atoms with Gasteiger partial charge in [0.05, 0.1) is 25.2 Å². The minimum atomic E-state index is -3.71. The topological polar surface area (TPSA) is 106 Å². The fourth-order valence-corrected chi connectivity index (χ4v) is 4.89. The van der Waals surface area contributed by atoms with Gasteiger partial charge in [-0.15, -0.1) is 0 Å². The summed E-state index contributed by atoms with van der Waals surface area (Å²) in [6.07, 6.45) is 0. The van der Waals surface area contributed by atoms with Gasteiger partial charge < -0.3 is 24.8 Å². The lowest BCUT2D eigenvalue weighted by Crippen LogP contribution is -2.41. The Morgan fingerprint density at radius 1 is 1.09 bits per heavy atom. The third-order valence-corrected chi connectivity index (χ3v) is 6.90. The molecule has 1 aliphatic rings. The summed E-state index contributed by atoms with van der Waals surface area (Å²) in [6, 6.07) is 10.3. The van der Waals surface area contributed by atoms with Crippen molar-refractivity contribution in [1.29, 1.82) is 0 Å². The Balaban J connectivity index is 1.60. The van der Waals surface area contributed by atoms with Crippen molar-refractivity contribution in [3.63, 3.8) is 0 Å². The number of carbonyl (C=O) groups excluding carboxylic acids is 1. The Hall–Kier alpha value is -2.96. The number of benzene rings is 2. The number of nitrogens with zero attached hydrogens (tertiary/aromatic N) is 1. The highest BCUT2D eigenvalue weighted by molar-refractivity contribution is 7.89. The minimum absolute atomic E-state index is 0.00390. The predicted molar refractivity (Wildman–Crippen MR) is 115 cm³/mol. The largest absolute Gasteiger partial charge is 0.493 e. The maximum absolute atomic E-state index is 13.0. The van der Waals surface area contributed by atoms with E-state index < -0.39 is 22.7 Å². The van der Waals surface area contributed by atoms with Crippen molar-refractivity contribution < 1.29 is 36.2 Å². The molecule has 0 saturated carbocycles. The van der Waals surface area contributed by atoms with Gasteiger partial charge in [-0.05, 0) is 29.3 Å². The van der Waals surface area contributed by atoms with Gasteiger partial charge in [0.2, 0.25) is 10.0 Å². The Labute approximate surface area is 190 Å². The van der Waals surface area contributed by atoms with Crippen molar-refractivity contribution >= 4 is 16.1 Å². The number of ether oxygens (including phenoxy) is 3. The van der Waals surface area contributed by atoms with Gasteiger partial charge in [0.25, 0.3) is 0 Å². The molecule has 180 valence electrons. The van der Waals surface area contributed by atoms with E-state index in [1.807, 2.05) is 0 Å². The van der Waals surface area contributed by atoms with E-state index in [0.29, 0.717) is 24.3 Å². The molecule has 0 radical (unpaired) electrons. The first kappa shape index (κ1) is 24.7. The van der Waals surface area contributed by atoms with Gasteiger partial charge in [-0.1, -0.05) is 24.3 Å². The van der Waals surface area contributed by atoms with Crippen molar-refractivity contribution in [1.82, 2.24) is 14.9 Å². The fraction of sp³-hybridized carbons (Fsp3) is 0.381. The second-order valence-corrected chi connectivity index (χ2v) is 8.93. The van der Waals surface area contributed by atoms with Crippen molar-refractivity contribution in [3.8, 4) is 11.5 Å². The lowest BCUT2D eigenvalue weighted by atomic mass is 10.2. The maximum Gasteiger partial charge on any atom is 0.387 e. The first-order valence-electron chi connectivity index (χ1n) is 10.1. The predicted octanol–water partition coefficient (Wildman–Crippen LogP) is 2.32. The van der Waals surface area contributed by atoms with Gasteiger partial charge in [0.1, 0.15) is 0 Å². The molecule has 9 nitrogen and oxygen atoms in total. The summed E-state index contributed by atoms with van der Waals surface area (Å²) in [4.78, 5) is 12.4. The number of urea groups is 1. The molecule has 1 heterocycles. The van der Waals surface area contributed by atoms with E-state index in [9.17, 15) is 22.0 Å². The third-order valence-electron chi connectivity index (χ3n) is 4.90. The van der Waals surface area contributed by atoms with Gasteiger partial charge >= 0.3 is 12.6 Å². The van der Waals surface area contributed by atoms with Crippen LogP contribution in [-0.4, -0.2) is 58.8 Å². The van der Waals surface area contributed by atoms with Crippen molar-refractivity contribution in [2.24, 2.45) is 0 Å². The van der Waals surface area contributed by atoms with Crippen LogP contribution in [0, 0.1) is 0 Å². The Bertz CT molecular complexity index is 1060. The third kappa shape index (κ3) is 6.53. The van der Waals surface area contributed by atoms with Crippen LogP contribution in [0.3, 0.4) is 0 Å². The summed E-state index contributed by atoms with van der Waals surface area (Å²) in [5.74, 6) is -0.00367. The van der Waals surface area contributed by atoms with Crippen LogP contribution >= 0.6 is 0 Å². The number of sulfonamides is 1. The summed E-state index contributed by atoms with van der Waals surface area (Å²) in [6.45, 7) is -1.68. The SMILES string of the molecule is COc1cc(CNC(=O)NCc2ccccc2S(=O)(=O)N2CCOCC2)ccc1OC(F)F. The standard InChI is InChI=1S/C21H25F2N3O6S/c1-30-18-12-15(6-7-17(18)32-20(22)23)13-24-21(27)25-14-16-4-2-3-5-19(16)33(28,29)26-8-10-31-11-9-26/h2-7,12,20H,8-11,13-14H2,1H3,(H2,24,25,27). The lowest BCUT2D eigenvalue weighted by Gasteiger charge is -2.27. The average molecular weight is 486 g/mol. The number of hydrogen-bond donors (Lipinski definition) is 2. The molecule has 0 bridgehead atoms. The number of carbonyl (C=O) groups is 1. The summed E-state index contributed by atoms with van der Waals surface area (Å²) in [7, 11) is -2.39. The van der Waals surface area contributed by atoms with Crippen LogP contribution in [-0.2, 0) is 27.8 Å². The Kier molecular flexibility index (Phi) is 8.42. The van der Waals surface area contributed by atoms with Crippen molar-refractivity contribution in [3.05, 3.63) is 53.6 Å². The van der Waals surface area contributed by atoms with Crippen LogP contribution in [0.15, 0.2) is 47.4 Å². The van der Waals surface area contributed by atoms with Gasteiger partial charge in [-0.3, -0.25) is 0 Å². The Morgan fingerprint density at radius 2 is 1.79 bits per heavy atom. The summed E-state index contributed by atoms with van der Waals surface area (Å²) in [5, 5.41) is 5.27. The van der Waals surface area contributed by atoms with E-state index in [2.05, 4.69) is 15.4 Å². The van der Waals surface area contributed by atoms with E-state index in [-0.39, 0.29) is 42.6 Å². The highest BCUT2D eigenvalue weighted by atomic mass is 32.2. The molecule has 0 spiro atoms. The molecule has 2 aromatic rings. The normalized spacial score (nSPS) is 14.7. The van der Waals surface area contributed by atoms with Crippen LogP contribution in [0.5, 0.6) is 11.5 Å². The number of amides is 2. The smallest absolute Gasteiger partial charge is 0.387 e. The number of nitrogens with one attached hydrogen (secondary N) is 2. The number of alkyl halides is 2. The monoisotopic (exact) mass is 485 g/mol. The van der Waals surface area contributed by atoms with Crippen LogP contribution in [0.4, 0.5) is 13.6 Å². The zero-order valence-electron chi connectivity index (χ0n) is 17.9. The molecule has 1 aliphatic heterocycles. The second kappa shape index (κ2) is 11.3. The van der Waals surface area contributed by atoms with Gasteiger partial charge in [-0.25, -0.2) is 13.2 Å². The van der Waals surface area contributed by atoms with Crippen molar-refractivity contribution in [2.75, 3.05) is 33.4 Å². The van der Waals surface area contributed by atoms with E-state index >= 15 is 0 Å². The highest BCUT2D eigenvalue weighted by Gasteiger charge is 2.28. The number of hydrogen-bond acceptors (Lipinski definition) is 6. The molecule has 33 heavy (non-hydrogen) atoms. The fourth-order valence-electron chi connectivity index (χ4n) is 3.26. The summed E-state index contributed by atoms with van der Waals surface area (Å²) < 4.78 is 66.8. The molecular weight excluding hydrogens is 460 g/mol. The molecule has 2 N–H and O–H groups in total. The molecule has 12 heteroatoms. The van der Waals surface area contributed by atoms with Crippen LogP contribution in [0.2, 0.25) is 0 Å². The number of halogens is 2. The Morgan fingerprint density at radius 3 is 2.48 bits per heavy atom. The first-order valence-corrected chi connectivity index (χ1v) is 11.5. The van der Waals surface area contributed by atoms with Crippen LogP contribution in [0.25, 0.3) is 0 Å². The molecule has 2 aromatic carbocycles. The van der Waals surface area contributed by atoms with Crippen molar-refractivity contribution in [2.45, 2.75) is 24.6 Å². The van der Waals surface area contributed by atoms with Gasteiger partial charge in [0.15, 0.2) is 11.5 Å². The van der Waals surface area contributed by atoms with E-state index in [1.165, 1.54) is 35.7 Å². The molecule has 0 atom stereocenters. The molecule has 0 aromatic heterocycles. The molecule has 1 fully saturated rings. The van der Waals surface area contributed by atoms with E-state index in [4.69, 9.17) is 9.47 Å². The number of morpholine rings is 1.